The van der Waals surface area contributed by atoms with Gasteiger partial charge in [-0.15, -0.1) is 0 Å². The monoisotopic (exact) mass is 390 g/mol. The van der Waals surface area contributed by atoms with Crippen LogP contribution in [0.15, 0.2) is 54.7 Å². The van der Waals surface area contributed by atoms with Crippen molar-refractivity contribution < 1.29 is 4.79 Å². The van der Waals surface area contributed by atoms with Crippen LogP contribution < -0.4 is 5.32 Å². The van der Waals surface area contributed by atoms with Crippen LogP contribution in [0.2, 0.25) is 0 Å². The molecule has 28 heavy (non-hydrogen) atoms. The summed E-state index contributed by atoms with van der Waals surface area (Å²) in [6.07, 6.45) is 3.33. The number of nitrogens with one attached hydrogen (secondary N) is 3. The molecule has 7 nitrogen and oxygen atoms in total. The predicted octanol–water partition coefficient (Wildman–Crippen LogP) is 5.39. The molecule has 2 heterocycles. The molecular weight excluding hydrogens is 372 g/mol. The fourth-order valence-electron chi connectivity index (χ4n) is 2.56. The molecule has 3 N–H and O–H groups in total. The zero-order chi connectivity index (χ0) is 19.9. The van der Waals surface area contributed by atoms with Gasteiger partial charge in [0.05, 0.1) is 18.0 Å². The van der Waals surface area contributed by atoms with Gasteiger partial charge in [0.1, 0.15) is 11.0 Å². The van der Waals surface area contributed by atoms with E-state index < -0.39 is 0 Å². The van der Waals surface area contributed by atoms with Crippen molar-refractivity contribution >= 4 is 39.4 Å². The van der Waals surface area contributed by atoms with Gasteiger partial charge in [-0.3, -0.25) is 4.79 Å². The summed E-state index contributed by atoms with van der Waals surface area (Å²) in [5.41, 5.74) is 5.66. The first-order chi connectivity index (χ1) is 13.6. The second kappa shape index (κ2) is 8.88. The Labute approximate surface area is 166 Å². The highest BCUT2D eigenvalue weighted by Crippen LogP contribution is 2.36. The van der Waals surface area contributed by atoms with Crippen molar-refractivity contribution in [3.63, 3.8) is 0 Å². The summed E-state index contributed by atoms with van der Waals surface area (Å²) in [6.45, 7) is 9.28. The van der Waals surface area contributed by atoms with Crippen molar-refractivity contribution in [1.29, 1.82) is 0 Å². The van der Waals surface area contributed by atoms with Gasteiger partial charge in [0.25, 0.3) is 5.24 Å². The molecule has 0 bridgehead atoms. The van der Waals surface area contributed by atoms with Crippen LogP contribution in [0.5, 0.6) is 0 Å². The number of hydrogen-bond donors (Lipinski definition) is 3. The zero-order valence-electron chi connectivity index (χ0n) is 15.4. The van der Waals surface area contributed by atoms with E-state index in [4.69, 9.17) is 6.57 Å². The maximum atomic E-state index is 11.3. The average molecular weight is 390 g/mol. The smallest absolute Gasteiger partial charge is 0.282 e. The fraction of sp³-hybridized carbons (Fsp3) is 0.100. The molecule has 0 saturated heterocycles. The van der Waals surface area contributed by atoms with Crippen molar-refractivity contribution in [1.82, 2.24) is 20.4 Å². The van der Waals surface area contributed by atoms with Gasteiger partial charge in [0, 0.05) is 6.20 Å². The van der Waals surface area contributed by atoms with Gasteiger partial charge >= 0.3 is 0 Å². The van der Waals surface area contributed by atoms with Crippen LogP contribution in [0.3, 0.4) is 0 Å². The Bertz CT molecular complexity index is 1130. The summed E-state index contributed by atoms with van der Waals surface area (Å²) in [5.74, 6) is 0. The maximum absolute atomic E-state index is 11.3. The van der Waals surface area contributed by atoms with Gasteiger partial charge in [-0.1, -0.05) is 48.2 Å². The lowest BCUT2D eigenvalue weighted by molar-refractivity contribution is 0.270. The Morgan fingerprint density at radius 3 is 2.61 bits per heavy atom. The topological polar surface area (TPSA) is 90.8 Å². The molecular formula is C20H18N6OS. The Balaban J connectivity index is 0.000000188. The van der Waals surface area contributed by atoms with Crippen LogP contribution in [-0.4, -0.2) is 31.9 Å². The van der Waals surface area contributed by atoms with Crippen LogP contribution in [0.25, 0.3) is 27.1 Å². The van der Waals surface area contributed by atoms with E-state index in [0.29, 0.717) is 11.4 Å². The number of fused-ring (bicyclic) bond motifs is 1. The maximum Gasteiger partial charge on any atom is 0.282 e. The quantitative estimate of drug-likeness (QED) is 0.400. The number of carbonyl (C=O) groups is 1. The van der Waals surface area contributed by atoms with Gasteiger partial charge in [-0.05, 0) is 36.4 Å². The molecule has 0 radical (unpaired) electrons. The second-order valence-corrected chi connectivity index (χ2v) is 6.62. The summed E-state index contributed by atoms with van der Waals surface area (Å²) in [5, 5.41) is 12.9. The second-order valence-electron chi connectivity index (χ2n) is 5.84. The molecule has 2 aromatic heterocycles. The SMILES string of the molecule is Cc1ccc2n[nH]nc2c1.[C-]#[N+]c1c(NC(=O)SC)c[nH]c1-c1ccccc1. The first-order valence-electron chi connectivity index (χ1n) is 8.38. The van der Waals surface area contributed by atoms with Gasteiger partial charge in [-0.25, -0.2) is 4.85 Å². The number of aromatic amines is 2. The minimum absolute atomic E-state index is 0.182. The average Bonchev–Trinajstić information content (AvgIpc) is 3.35. The molecule has 1 amide bonds. The predicted molar refractivity (Wildman–Crippen MR) is 114 cm³/mol. The lowest BCUT2D eigenvalue weighted by Gasteiger charge is -2.01. The largest absolute Gasteiger partial charge is 0.370 e. The molecule has 2 aromatic carbocycles. The number of benzene rings is 2. The van der Waals surface area contributed by atoms with Crippen LogP contribution in [-0.2, 0) is 0 Å². The summed E-state index contributed by atoms with van der Waals surface area (Å²) in [7, 11) is 0. The van der Waals surface area contributed by atoms with E-state index in [1.54, 1.807) is 12.5 Å². The van der Waals surface area contributed by atoms with Gasteiger partial charge in [-0.2, -0.15) is 15.4 Å². The van der Waals surface area contributed by atoms with E-state index in [1.165, 1.54) is 5.56 Å². The van der Waals surface area contributed by atoms with Crippen LogP contribution in [0, 0.1) is 13.5 Å². The number of thioether (sulfide) groups is 1. The first kappa shape index (κ1) is 19.2. The zero-order valence-corrected chi connectivity index (χ0v) is 16.2. The van der Waals surface area contributed by atoms with E-state index in [0.717, 1.165) is 34.1 Å². The van der Waals surface area contributed by atoms with E-state index in [-0.39, 0.29) is 5.24 Å². The first-order valence-corrected chi connectivity index (χ1v) is 9.61. The van der Waals surface area contributed by atoms with Crippen LogP contribution in [0.4, 0.5) is 16.2 Å². The third-order valence-corrected chi connectivity index (χ3v) is 4.39. The molecule has 4 rings (SSSR count). The number of H-pyrrole nitrogens is 2. The third kappa shape index (κ3) is 4.39. The highest BCUT2D eigenvalue weighted by molar-refractivity contribution is 8.13. The molecule has 0 unspecified atom stereocenters. The number of amides is 1. The van der Waals surface area contributed by atoms with E-state index in [9.17, 15) is 4.79 Å². The summed E-state index contributed by atoms with van der Waals surface area (Å²) < 4.78 is 0. The summed E-state index contributed by atoms with van der Waals surface area (Å²) in [6, 6.07) is 15.5. The molecule has 0 atom stereocenters. The summed E-state index contributed by atoms with van der Waals surface area (Å²) >= 11 is 1.08. The molecule has 0 aliphatic heterocycles. The van der Waals surface area contributed by atoms with Crippen molar-refractivity contribution in [2.75, 3.05) is 11.6 Å². The molecule has 140 valence electrons. The number of nitrogens with zero attached hydrogens (tertiary/aromatic N) is 3. The Morgan fingerprint density at radius 2 is 1.89 bits per heavy atom. The van der Waals surface area contributed by atoms with Crippen LogP contribution >= 0.6 is 11.8 Å². The Morgan fingerprint density at radius 1 is 1.14 bits per heavy atom. The highest BCUT2D eigenvalue weighted by atomic mass is 32.2. The molecule has 0 fully saturated rings. The van der Waals surface area contributed by atoms with E-state index in [2.05, 4.69) is 30.6 Å². The number of hydrogen-bond acceptors (Lipinski definition) is 4. The van der Waals surface area contributed by atoms with Crippen molar-refractivity contribution in [2.45, 2.75) is 6.92 Å². The molecule has 4 aromatic rings. The molecule has 8 heteroatoms. The van der Waals surface area contributed by atoms with Gasteiger partial charge < -0.3 is 10.3 Å². The van der Waals surface area contributed by atoms with Gasteiger partial charge in [0.15, 0.2) is 0 Å². The highest BCUT2D eigenvalue weighted by Gasteiger charge is 2.14. The molecule has 0 aliphatic rings. The van der Waals surface area contributed by atoms with Crippen molar-refractivity contribution in [3.05, 3.63) is 71.7 Å². The minimum atomic E-state index is -0.182. The lowest BCUT2D eigenvalue weighted by atomic mass is 10.1. The standard InChI is InChI=1S/C13H11N3OS.C7H7N3/c1-14-12-10(16-13(17)18-2)8-15-11(12)9-6-4-3-5-7-9;1-5-2-3-6-7(4-5)9-10-8-6/h3-8,15H,2H3,(H,16,17);2-4H,1H3,(H,8,9,10). The fourth-order valence-corrected chi connectivity index (χ4v) is 2.78. The molecule has 0 aliphatic carbocycles. The number of aryl methyl sites for hydroxylation is 1. The number of anilines is 1. The molecule has 0 spiro atoms. The number of rotatable bonds is 2. The minimum Gasteiger partial charge on any atom is -0.370 e. The van der Waals surface area contributed by atoms with Crippen molar-refractivity contribution in [2.24, 2.45) is 0 Å². The number of aromatic nitrogens is 4. The number of carbonyl (C=O) groups excluding carboxylic acids is 1. The Hall–Kier alpha value is -3.57. The van der Waals surface area contributed by atoms with Crippen molar-refractivity contribution in [3.8, 4) is 11.3 Å². The van der Waals surface area contributed by atoms with Crippen LogP contribution in [0.1, 0.15) is 5.56 Å². The Kier molecular flexibility index (Phi) is 6.09. The molecule has 0 saturated carbocycles. The van der Waals surface area contributed by atoms with E-state index >= 15 is 0 Å². The normalized spacial score (nSPS) is 10.0. The lowest BCUT2D eigenvalue weighted by Crippen LogP contribution is -2.02. The third-order valence-electron chi connectivity index (χ3n) is 3.92. The van der Waals surface area contributed by atoms with E-state index in [1.807, 2.05) is 55.5 Å². The van der Waals surface area contributed by atoms with Gasteiger partial charge in [0.2, 0.25) is 5.69 Å². The summed E-state index contributed by atoms with van der Waals surface area (Å²) in [4.78, 5) is 17.9.